The molecular weight excluding hydrogens is 580 g/mol. The van der Waals surface area contributed by atoms with Gasteiger partial charge in [-0.05, 0) is 39.5 Å². The van der Waals surface area contributed by atoms with Gasteiger partial charge in [-0.25, -0.2) is 4.79 Å². The van der Waals surface area contributed by atoms with E-state index in [0.29, 0.717) is 17.9 Å². The van der Waals surface area contributed by atoms with Crippen molar-refractivity contribution in [3.8, 4) is 0 Å². The van der Waals surface area contributed by atoms with E-state index in [1.165, 1.54) is 148 Å². The van der Waals surface area contributed by atoms with Crippen LogP contribution in [0.15, 0.2) is 13.6 Å². The number of aldehydes is 1. The van der Waals surface area contributed by atoms with Crippen LogP contribution in [0.3, 0.4) is 0 Å². The van der Waals surface area contributed by atoms with Gasteiger partial charge < -0.3 is 23.1 Å². The van der Waals surface area contributed by atoms with Crippen molar-refractivity contribution in [2.45, 2.75) is 213 Å². The zero-order chi connectivity index (χ0) is 33.9. The summed E-state index contributed by atoms with van der Waals surface area (Å²) in [6.07, 6.45) is 36.2. The molecule has 1 unspecified atom stereocenters. The minimum Gasteiger partial charge on any atom is -0.463 e. The molecule has 0 saturated heterocycles. The molecule has 7 nitrogen and oxygen atoms in total. The van der Waals surface area contributed by atoms with Gasteiger partial charge in [-0.2, -0.15) is 0 Å². The van der Waals surface area contributed by atoms with Crippen molar-refractivity contribution in [1.29, 1.82) is 0 Å². The number of aryl methyl sites for hydroxylation is 1. The standard InChI is InChI=1S/C33H64O3.C6H8O4/c1-3-4-5-6-7-17-20-23-26-29-32(2)36-33(35)30-27-24-21-18-15-13-11-9-8-10-12-14-16-19-22-25-28-31-34;1-4-5(3-8-2)10-6(7)9-4/h31-32H,3-30H2,1-2H3;3H2,1-2H3. The third-order valence-corrected chi connectivity index (χ3v) is 8.61. The topological polar surface area (TPSA) is 96.0 Å². The van der Waals surface area contributed by atoms with Crippen molar-refractivity contribution in [3.05, 3.63) is 22.1 Å². The Morgan fingerprint density at radius 1 is 0.674 bits per heavy atom. The Morgan fingerprint density at radius 3 is 1.52 bits per heavy atom. The maximum absolute atomic E-state index is 12.1. The quantitative estimate of drug-likeness (QED) is 0.0434. The van der Waals surface area contributed by atoms with Crippen molar-refractivity contribution in [2.75, 3.05) is 7.11 Å². The minimum atomic E-state index is -0.676. The van der Waals surface area contributed by atoms with Crippen LogP contribution in [0, 0.1) is 6.92 Å². The molecule has 7 heteroatoms. The van der Waals surface area contributed by atoms with Crippen molar-refractivity contribution in [2.24, 2.45) is 0 Å². The van der Waals surface area contributed by atoms with Gasteiger partial charge >= 0.3 is 11.8 Å². The van der Waals surface area contributed by atoms with Crippen molar-refractivity contribution < 1.29 is 27.9 Å². The fourth-order valence-corrected chi connectivity index (χ4v) is 5.69. The second-order valence-electron chi connectivity index (χ2n) is 13.1. The number of rotatable bonds is 32. The molecule has 0 aromatic carbocycles. The summed E-state index contributed by atoms with van der Waals surface area (Å²) in [4.78, 5) is 32.7. The Morgan fingerprint density at radius 2 is 1.11 bits per heavy atom. The van der Waals surface area contributed by atoms with E-state index in [2.05, 4.69) is 22.7 Å². The number of hydrogen-bond acceptors (Lipinski definition) is 7. The molecule has 1 aromatic rings. The summed E-state index contributed by atoms with van der Waals surface area (Å²) in [7, 11) is 1.52. The maximum Gasteiger partial charge on any atom is 0.519 e. The maximum atomic E-state index is 12.1. The van der Waals surface area contributed by atoms with Crippen LogP contribution in [-0.2, 0) is 25.7 Å². The van der Waals surface area contributed by atoms with E-state index in [-0.39, 0.29) is 18.7 Å². The number of esters is 1. The summed E-state index contributed by atoms with van der Waals surface area (Å²) < 4.78 is 19.5. The average molecular weight is 653 g/mol. The zero-order valence-corrected chi connectivity index (χ0v) is 30.5. The van der Waals surface area contributed by atoms with E-state index in [0.717, 1.165) is 38.4 Å². The van der Waals surface area contributed by atoms with Gasteiger partial charge in [0.05, 0.1) is 6.10 Å². The van der Waals surface area contributed by atoms with Gasteiger partial charge in [0.15, 0.2) is 5.76 Å². The smallest absolute Gasteiger partial charge is 0.463 e. The Hall–Kier alpha value is -1.89. The van der Waals surface area contributed by atoms with E-state index < -0.39 is 5.82 Å². The van der Waals surface area contributed by atoms with E-state index in [1.807, 2.05) is 0 Å². The second-order valence-corrected chi connectivity index (χ2v) is 13.1. The van der Waals surface area contributed by atoms with E-state index >= 15 is 0 Å². The van der Waals surface area contributed by atoms with E-state index in [4.69, 9.17) is 9.47 Å². The highest BCUT2D eigenvalue weighted by Crippen LogP contribution is 2.16. The lowest BCUT2D eigenvalue weighted by Crippen LogP contribution is -2.14. The van der Waals surface area contributed by atoms with Crippen LogP contribution in [-0.4, -0.2) is 25.5 Å². The fraction of sp³-hybridized carbons (Fsp3) is 0.872. The summed E-state index contributed by atoms with van der Waals surface area (Å²) in [6, 6.07) is 0. The van der Waals surface area contributed by atoms with Gasteiger partial charge in [-0.15, -0.1) is 0 Å². The third-order valence-electron chi connectivity index (χ3n) is 8.61. The number of unbranched alkanes of at least 4 members (excludes halogenated alkanes) is 24. The largest absolute Gasteiger partial charge is 0.519 e. The molecule has 0 radical (unpaired) electrons. The molecule has 1 rings (SSSR count). The lowest BCUT2D eigenvalue weighted by molar-refractivity contribution is -0.148. The van der Waals surface area contributed by atoms with Gasteiger partial charge in [0.2, 0.25) is 0 Å². The summed E-state index contributed by atoms with van der Waals surface area (Å²) in [6.45, 7) is 6.25. The van der Waals surface area contributed by atoms with Gasteiger partial charge in [-0.3, -0.25) is 4.79 Å². The zero-order valence-electron chi connectivity index (χ0n) is 30.5. The Bertz CT molecular complexity index is 844. The highest BCUT2D eigenvalue weighted by molar-refractivity contribution is 5.69. The normalized spacial score (nSPS) is 11.7. The van der Waals surface area contributed by atoms with Crippen LogP contribution in [0.4, 0.5) is 0 Å². The predicted octanol–water partition coefficient (Wildman–Crippen LogP) is 11.7. The Kier molecular flexibility index (Phi) is 33.0. The summed E-state index contributed by atoms with van der Waals surface area (Å²) in [5.41, 5.74) is 0. The highest BCUT2D eigenvalue weighted by Gasteiger charge is 2.09. The number of ether oxygens (including phenoxy) is 2. The number of carbonyl (C=O) groups is 2. The Labute approximate surface area is 282 Å². The molecule has 0 bridgehead atoms. The molecule has 0 N–H and O–H groups in total. The molecule has 0 aliphatic heterocycles. The molecular formula is C39H72O7. The van der Waals surface area contributed by atoms with Crippen molar-refractivity contribution in [3.63, 3.8) is 0 Å². The first-order valence-corrected chi connectivity index (χ1v) is 19.2. The fourth-order valence-electron chi connectivity index (χ4n) is 5.69. The molecule has 46 heavy (non-hydrogen) atoms. The molecule has 1 heterocycles. The summed E-state index contributed by atoms with van der Waals surface area (Å²) in [5.74, 6) is 0.264. The van der Waals surface area contributed by atoms with Crippen LogP contribution in [0.1, 0.15) is 205 Å². The van der Waals surface area contributed by atoms with Crippen LogP contribution >= 0.6 is 0 Å². The molecule has 1 atom stereocenters. The van der Waals surface area contributed by atoms with Gasteiger partial charge in [0.1, 0.15) is 18.7 Å². The summed E-state index contributed by atoms with van der Waals surface area (Å²) >= 11 is 0. The summed E-state index contributed by atoms with van der Waals surface area (Å²) in [5, 5.41) is 0. The number of hydrogen-bond donors (Lipinski definition) is 0. The molecule has 0 amide bonds. The minimum absolute atomic E-state index is 0.0105. The van der Waals surface area contributed by atoms with Gasteiger partial charge in [0.25, 0.3) is 0 Å². The van der Waals surface area contributed by atoms with E-state index in [9.17, 15) is 14.4 Å². The average Bonchev–Trinajstić information content (AvgIpc) is 3.35. The van der Waals surface area contributed by atoms with Crippen LogP contribution in [0.2, 0.25) is 0 Å². The van der Waals surface area contributed by atoms with Gasteiger partial charge in [-0.1, -0.05) is 148 Å². The van der Waals surface area contributed by atoms with Crippen molar-refractivity contribution in [1.82, 2.24) is 0 Å². The van der Waals surface area contributed by atoms with Gasteiger partial charge in [0, 0.05) is 20.0 Å². The first-order chi connectivity index (χ1) is 22.4. The molecule has 0 aliphatic rings. The first-order valence-electron chi connectivity index (χ1n) is 19.2. The van der Waals surface area contributed by atoms with Crippen LogP contribution < -0.4 is 5.82 Å². The highest BCUT2D eigenvalue weighted by atomic mass is 16.6. The van der Waals surface area contributed by atoms with Crippen LogP contribution in [0.25, 0.3) is 0 Å². The Balaban J connectivity index is 0.00000170. The first kappa shape index (κ1) is 44.1. The SMILES string of the molecule is CCCCCCCCCCCC(C)OC(=O)CCCCCCCCCCCCCCCCCCC=O.COCc1oc(=O)oc1C. The lowest BCUT2D eigenvalue weighted by Gasteiger charge is -2.13. The molecule has 0 aliphatic carbocycles. The van der Waals surface area contributed by atoms with E-state index in [1.54, 1.807) is 6.92 Å². The molecule has 270 valence electrons. The lowest BCUT2D eigenvalue weighted by atomic mass is 10.0. The number of carbonyl (C=O) groups excluding carboxylic acids is 2. The van der Waals surface area contributed by atoms with Crippen molar-refractivity contribution >= 4 is 12.3 Å². The van der Waals surface area contributed by atoms with Crippen LogP contribution in [0.5, 0.6) is 0 Å². The second kappa shape index (κ2) is 34.4. The molecule has 1 aromatic heterocycles. The third kappa shape index (κ3) is 30.7. The molecule has 0 spiro atoms. The monoisotopic (exact) mass is 653 g/mol. The predicted molar refractivity (Wildman–Crippen MR) is 189 cm³/mol. The molecule has 0 fully saturated rings. The number of methoxy groups -OCH3 is 1. The molecule has 0 saturated carbocycles.